The Balaban J connectivity index is 1.44. The maximum Gasteiger partial charge on any atom is 0.257 e. The number of nitrogens with one attached hydrogen (secondary N) is 1. The molecule has 8 heteroatoms. The van der Waals surface area contributed by atoms with Crippen molar-refractivity contribution in [3.8, 4) is 11.3 Å². The van der Waals surface area contributed by atoms with Crippen LogP contribution in [0.4, 0.5) is 5.13 Å². The predicted molar refractivity (Wildman–Crippen MR) is 119 cm³/mol. The largest absolute Gasteiger partial charge is 0.298 e. The molecular weight excluding hydrogens is 418 g/mol. The van der Waals surface area contributed by atoms with Crippen LogP contribution in [-0.2, 0) is 16.4 Å². The third kappa shape index (κ3) is 4.30. The van der Waals surface area contributed by atoms with Gasteiger partial charge in [-0.1, -0.05) is 31.2 Å². The fourth-order valence-electron chi connectivity index (χ4n) is 3.12. The molecule has 156 valence electrons. The van der Waals surface area contributed by atoms with Gasteiger partial charge in [-0.05, 0) is 49.1 Å². The number of amides is 1. The molecule has 1 N–H and O–H groups in total. The Hall–Kier alpha value is -2.55. The van der Waals surface area contributed by atoms with Crippen LogP contribution in [0.3, 0.4) is 0 Å². The van der Waals surface area contributed by atoms with E-state index in [-0.39, 0.29) is 16.8 Å². The van der Waals surface area contributed by atoms with Crippen molar-refractivity contribution in [2.75, 3.05) is 12.4 Å². The zero-order valence-corrected chi connectivity index (χ0v) is 18.5. The van der Waals surface area contributed by atoms with Gasteiger partial charge in [-0.25, -0.2) is 13.4 Å². The second-order valence-electron chi connectivity index (χ2n) is 7.32. The van der Waals surface area contributed by atoms with Gasteiger partial charge in [0.1, 0.15) is 0 Å². The number of benzene rings is 2. The lowest BCUT2D eigenvalue weighted by molar-refractivity contribution is 0.102. The fraction of sp³-hybridized carbons (Fsp3) is 0.273. The number of aromatic nitrogens is 1. The van der Waals surface area contributed by atoms with E-state index < -0.39 is 10.0 Å². The van der Waals surface area contributed by atoms with Crippen LogP contribution in [-0.4, -0.2) is 36.7 Å². The lowest BCUT2D eigenvalue weighted by atomic mass is 10.1. The number of carbonyl (C=O) groups is 1. The Labute approximate surface area is 180 Å². The quantitative estimate of drug-likeness (QED) is 0.589. The third-order valence-electron chi connectivity index (χ3n) is 5.24. The van der Waals surface area contributed by atoms with Gasteiger partial charge < -0.3 is 0 Å². The smallest absolute Gasteiger partial charge is 0.257 e. The molecule has 1 aliphatic carbocycles. The average molecular weight is 442 g/mol. The van der Waals surface area contributed by atoms with E-state index in [1.165, 1.54) is 45.5 Å². The van der Waals surface area contributed by atoms with Crippen LogP contribution < -0.4 is 5.32 Å². The summed E-state index contributed by atoms with van der Waals surface area (Å²) in [4.78, 5) is 17.2. The van der Waals surface area contributed by atoms with Crippen molar-refractivity contribution in [1.29, 1.82) is 0 Å². The molecular formula is C22H23N3O3S2. The van der Waals surface area contributed by atoms with Crippen molar-refractivity contribution in [3.05, 3.63) is 65.0 Å². The number of rotatable bonds is 7. The second kappa shape index (κ2) is 8.29. The minimum Gasteiger partial charge on any atom is -0.298 e. The highest BCUT2D eigenvalue weighted by Crippen LogP contribution is 2.30. The Kier molecular flexibility index (Phi) is 5.73. The van der Waals surface area contributed by atoms with Crippen LogP contribution in [0.1, 0.15) is 35.7 Å². The standard InChI is InChI=1S/C22H23N3O3S2/c1-3-15-4-6-16(7-5-15)20-14-29-22(23-20)24-21(26)17-8-12-19(13-9-17)30(27,28)25(2)18-10-11-18/h4-9,12-14,18H,3,10-11H2,1-2H3,(H,23,24,26). The molecule has 3 aromatic rings. The summed E-state index contributed by atoms with van der Waals surface area (Å²) in [5.74, 6) is -0.322. The van der Waals surface area contributed by atoms with Crippen molar-refractivity contribution in [2.24, 2.45) is 0 Å². The highest BCUT2D eigenvalue weighted by atomic mass is 32.2. The molecule has 0 unspecified atom stereocenters. The van der Waals surface area contributed by atoms with Crippen molar-refractivity contribution in [2.45, 2.75) is 37.1 Å². The van der Waals surface area contributed by atoms with Crippen LogP contribution in [0.2, 0.25) is 0 Å². The Morgan fingerprint density at radius 2 is 1.80 bits per heavy atom. The topological polar surface area (TPSA) is 79.4 Å². The molecule has 1 aliphatic rings. The van der Waals surface area contributed by atoms with Crippen LogP contribution in [0.25, 0.3) is 11.3 Å². The van der Waals surface area contributed by atoms with Crippen LogP contribution >= 0.6 is 11.3 Å². The summed E-state index contributed by atoms with van der Waals surface area (Å²) >= 11 is 1.35. The van der Waals surface area contributed by atoms with Gasteiger partial charge in [0.15, 0.2) is 5.13 Å². The molecule has 0 spiro atoms. The average Bonchev–Trinajstić information content (AvgIpc) is 3.52. The molecule has 0 aliphatic heterocycles. The van der Waals surface area contributed by atoms with E-state index in [9.17, 15) is 13.2 Å². The Bertz CT molecular complexity index is 1150. The SMILES string of the molecule is CCc1ccc(-c2csc(NC(=O)c3ccc(S(=O)(=O)N(C)C4CC4)cc3)n2)cc1. The van der Waals surface area contributed by atoms with E-state index in [2.05, 4.69) is 29.4 Å². The van der Waals surface area contributed by atoms with Gasteiger partial charge in [-0.15, -0.1) is 11.3 Å². The Morgan fingerprint density at radius 1 is 1.13 bits per heavy atom. The number of nitrogens with zero attached hydrogens (tertiary/aromatic N) is 2. The first kappa shape index (κ1) is 20.7. The number of carbonyl (C=O) groups excluding carboxylic acids is 1. The van der Waals surface area contributed by atoms with Gasteiger partial charge in [0.05, 0.1) is 10.6 Å². The van der Waals surface area contributed by atoms with Crippen LogP contribution in [0, 0.1) is 0 Å². The summed E-state index contributed by atoms with van der Waals surface area (Å²) in [6.07, 6.45) is 2.78. The maximum atomic E-state index is 12.6. The van der Waals surface area contributed by atoms with E-state index in [1.807, 2.05) is 17.5 Å². The molecule has 1 saturated carbocycles. The van der Waals surface area contributed by atoms with E-state index in [1.54, 1.807) is 7.05 Å². The van der Waals surface area contributed by atoms with E-state index in [0.717, 1.165) is 30.5 Å². The lowest BCUT2D eigenvalue weighted by Gasteiger charge is -2.16. The van der Waals surface area contributed by atoms with Gasteiger partial charge in [-0.2, -0.15) is 4.31 Å². The van der Waals surface area contributed by atoms with Crippen molar-refractivity contribution in [3.63, 3.8) is 0 Å². The molecule has 0 saturated heterocycles. The molecule has 1 aromatic heterocycles. The maximum absolute atomic E-state index is 12.6. The highest BCUT2D eigenvalue weighted by molar-refractivity contribution is 7.89. The van der Waals surface area contributed by atoms with Crippen molar-refractivity contribution in [1.82, 2.24) is 9.29 Å². The van der Waals surface area contributed by atoms with E-state index in [4.69, 9.17) is 0 Å². The molecule has 6 nitrogen and oxygen atoms in total. The summed E-state index contributed by atoms with van der Waals surface area (Å²) < 4.78 is 26.6. The lowest BCUT2D eigenvalue weighted by Crippen LogP contribution is -2.29. The fourth-order valence-corrected chi connectivity index (χ4v) is 5.25. The number of hydrogen-bond acceptors (Lipinski definition) is 5. The summed E-state index contributed by atoms with van der Waals surface area (Å²) in [7, 11) is -1.92. The van der Waals surface area contributed by atoms with E-state index >= 15 is 0 Å². The summed E-state index contributed by atoms with van der Waals surface area (Å²) in [6.45, 7) is 2.11. The van der Waals surface area contributed by atoms with Crippen LogP contribution in [0.5, 0.6) is 0 Å². The molecule has 1 heterocycles. The minimum absolute atomic E-state index is 0.0928. The van der Waals surface area contributed by atoms with Crippen molar-refractivity contribution >= 4 is 32.4 Å². The van der Waals surface area contributed by atoms with E-state index in [0.29, 0.717) is 10.7 Å². The van der Waals surface area contributed by atoms with Crippen molar-refractivity contribution < 1.29 is 13.2 Å². The number of aryl methyl sites for hydroxylation is 1. The number of sulfonamides is 1. The molecule has 4 rings (SSSR count). The molecule has 1 amide bonds. The van der Waals surface area contributed by atoms with Gasteiger partial charge in [0.2, 0.25) is 10.0 Å². The number of hydrogen-bond donors (Lipinski definition) is 1. The molecule has 1 fully saturated rings. The van der Waals surface area contributed by atoms with Crippen LogP contribution in [0.15, 0.2) is 58.8 Å². The molecule has 0 atom stereocenters. The molecule has 30 heavy (non-hydrogen) atoms. The van der Waals surface area contributed by atoms with Gasteiger partial charge in [-0.3, -0.25) is 10.1 Å². The molecule has 2 aromatic carbocycles. The zero-order valence-electron chi connectivity index (χ0n) is 16.8. The summed E-state index contributed by atoms with van der Waals surface area (Å²) in [5, 5.41) is 5.19. The number of thiazole rings is 1. The summed E-state index contributed by atoms with van der Waals surface area (Å²) in [6, 6.07) is 14.3. The summed E-state index contributed by atoms with van der Waals surface area (Å²) in [5.41, 5.74) is 3.45. The zero-order chi connectivity index (χ0) is 21.3. The predicted octanol–water partition coefficient (Wildman–Crippen LogP) is 4.41. The second-order valence-corrected chi connectivity index (χ2v) is 10.2. The first-order valence-electron chi connectivity index (χ1n) is 9.83. The molecule has 0 bridgehead atoms. The third-order valence-corrected chi connectivity index (χ3v) is 7.92. The monoisotopic (exact) mass is 441 g/mol. The minimum atomic E-state index is -3.52. The Morgan fingerprint density at radius 3 is 2.40 bits per heavy atom. The molecule has 0 radical (unpaired) electrons. The number of anilines is 1. The normalized spacial score (nSPS) is 14.1. The first-order chi connectivity index (χ1) is 14.4. The van der Waals surface area contributed by atoms with Gasteiger partial charge >= 0.3 is 0 Å². The van der Waals surface area contributed by atoms with Gasteiger partial charge in [0.25, 0.3) is 5.91 Å². The highest BCUT2D eigenvalue weighted by Gasteiger charge is 2.35. The van der Waals surface area contributed by atoms with Gasteiger partial charge in [0, 0.05) is 29.6 Å². The first-order valence-corrected chi connectivity index (χ1v) is 12.1.